The van der Waals surface area contributed by atoms with Gasteiger partial charge in [-0.1, -0.05) is 47.5 Å². The lowest BCUT2D eigenvalue weighted by Crippen LogP contribution is -2.31. The Labute approximate surface area is 179 Å². The summed E-state index contributed by atoms with van der Waals surface area (Å²) in [6.45, 7) is 2.73. The molecular weight excluding hydrogens is 410 g/mol. The van der Waals surface area contributed by atoms with Crippen molar-refractivity contribution in [3.8, 4) is 23.8 Å². The van der Waals surface area contributed by atoms with E-state index in [-0.39, 0.29) is 24.3 Å². The molecule has 1 atom stereocenters. The Hall–Kier alpha value is -2.62. The van der Waals surface area contributed by atoms with Crippen molar-refractivity contribution in [1.29, 1.82) is 0 Å². The van der Waals surface area contributed by atoms with Crippen molar-refractivity contribution in [2.45, 2.75) is 25.1 Å². The van der Waals surface area contributed by atoms with E-state index in [1.807, 2.05) is 31.2 Å². The van der Waals surface area contributed by atoms with Crippen LogP contribution >= 0.6 is 23.4 Å². The number of imide groups is 1. The Morgan fingerprint density at radius 1 is 1.10 bits per heavy atom. The van der Waals surface area contributed by atoms with E-state index in [0.29, 0.717) is 29.5 Å². The van der Waals surface area contributed by atoms with Crippen LogP contribution in [0.5, 0.6) is 11.5 Å². The topological polar surface area (TPSA) is 55.8 Å². The van der Waals surface area contributed by atoms with Gasteiger partial charge in [0.2, 0.25) is 5.91 Å². The summed E-state index contributed by atoms with van der Waals surface area (Å²) < 4.78 is 11.1. The summed E-state index contributed by atoms with van der Waals surface area (Å²) in [6, 6.07) is 12.6. The number of carbonyl (C=O) groups excluding carboxylic acids is 2. The quantitative estimate of drug-likeness (QED) is 0.576. The van der Waals surface area contributed by atoms with Gasteiger partial charge in [-0.05, 0) is 48.7 Å². The average molecular weight is 430 g/mol. The first kappa shape index (κ1) is 21.1. The number of thioether (sulfide) groups is 1. The lowest BCUT2D eigenvalue weighted by atomic mass is 10.1. The molecule has 2 aromatic carbocycles. The van der Waals surface area contributed by atoms with E-state index in [9.17, 15) is 9.59 Å². The molecule has 1 aliphatic rings. The number of halogens is 1. The molecule has 0 unspecified atom stereocenters. The SMILES string of the molecule is C#CCOc1ccc(C[C@@H]2SC(=O)N(Cc3ccc(Cl)cc3)C2=O)cc1OCC. The molecule has 0 N–H and O–H groups in total. The minimum atomic E-state index is -0.471. The highest BCUT2D eigenvalue weighted by molar-refractivity contribution is 8.15. The fraction of sp³-hybridized carbons (Fsp3) is 0.273. The van der Waals surface area contributed by atoms with E-state index in [1.54, 1.807) is 18.2 Å². The Kier molecular flexibility index (Phi) is 7.08. The highest BCUT2D eigenvalue weighted by Crippen LogP contribution is 2.34. The summed E-state index contributed by atoms with van der Waals surface area (Å²) in [7, 11) is 0. The number of terminal acetylenes is 1. The van der Waals surface area contributed by atoms with Crippen LogP contribution < -0.4 is 9.47 Å². The minimum Gasteiger partial charge on any atom is -0.490 e. The third-order valence-electron chi connectivity index (χ3n) is 4.30. The molecule has 0 bridgehead atoms. The first-order chi connectivity index (χ1) is 14.0. The zero-order valence-corrected chi connectivity index (χ0v) is 17.5. The van der Waals surface area contributed by atoms with Crippen molar-refractivity contribution >= 4 is 34.5 Å². The lowest BCUT2D eigenvalue weighted by Gasteiger charge is -2.15. The van der Waals surface area contributed by atoms with Crippen LogP contribution in [0.15, 0.2) is 42.5 Å². The number of benzene rings is 2. The molecule has 2 aromatic rings. The maximum absolute atomic E-state index is 12.8. The Balaban J connectivity index is 1.70. The van der Waals surface area contributed by atoms with Crippen molar-refractivity contribution in [2.75, 3.05) is 13.2 Å². The zero-order valence-electron chi connectivity index (χ0n) is 15.9. The molecule has 0 aromatic heterocycles. The molecule has 29 heavy (non-hydrogen) atoms. The van der Waals surface area contributed by atoms with Gasteiger partial charge in [-0.15, -0.1) is 6.42 Å². The van der Waals surface area contributed by atoms with Gasteiger partial charge in [0.15, 0.2) is 11.5 Å². The van der Waals surface area contributed by atoms with Crippen LogP contribution in [0.3, 0.4) is 0 Å². The molecule has 1 saturated heterocycles. The van der Waals surface area contributed by atoms with E-state index < -0.39 is 5.25 Å². The molecule has 0 spiro atoms. The highest BCUT2D eigenvalue weighted by atomic mass is 35.5. The van der Waals surface area contributed by atoms with Crippen LogP contribution in [0, 0.1) is 12.3 Å². The Morgan fingerprint density at radius 3 is 2.52 bits per heavy atom. The van der Waals surface area contributed by atoms with Crippen LogP contribution in [0.2, 0.25) is 5.02 Å². The number of ether oxygens (including phenoxy) is 2. The van der Waals surface area contributed by atoms with Crippen LogP contribution in [-0.4, -0.2) is 34.5 Å². The number of amides is 2. The maximum Gasteiger partial charge on any atom is 0.289 e. The standard InChI is InChI=1S/C22H20ClNO4S/c1-3-11-28-18-10-7-16(12-19(18)27-4-2)13-20-21(25)24(22(26)29-20)14-15-5-8-17(23)9-6-15/h1,5-10,12,20H,4,11,13-14H2,2H3/t20-/m0/s1. The molecule has 3 rings (SSSR count). The van der Waals surface area contributed by atoms with Crippen molar-refractivity contribution in [1.82, 2.24) is 4.90 Å². The van der Waals surface area contributed by atoms with Crippen LogP contribution in [0.4, 0.5) is 4.79 Å². The lowest BCUT2D eigenvalue weighted by molar-refractivity contribution is -0.127. The number of carbonyl (C=O) groups is 2. The predicted molar refractivity (Wildman–Crippen MR) is 114 cm³/mol. The van der Waals surface area contributed by atoms with Gasteiger partial charge in [0.1, 0.15) is 6.61 Å². The first-order valence-corrected chi connectivity index (χ1v) is 10.4. The fourth-order valence-corrected chi connectivity index (χ4v) is 4.10. The highest BCUT2D eigenvalue weighted by Gasteiger charge is 2.39. The second kappa shape index (κ2) is 9.73. The Morgan fingerprint density at radius 2 is 1.83 bits per heavy atom. The fourth-order valence-electron chi connectivity index (χ4n) is 2.94. The van der Waals surface area contributed by atoms with Crippen molar-refractivity contribution in [3.63, 3.8) is 0 Å². The van der Waals surface area contributed by atoms with Crippen molar-refractivity contribution < 1.29 is 19.1 Å². The second-order valence-electron chi connectivity index (χ2n) is 6.33. The second-order valence-corrected chi connectivity index (χ2v) is 7.92. The van der Waals surface area contributed by atoms with Crippen LogP contribution in [0.1, 0.15) is 18.1 Å². The summed E-state index contributed by atoms with van der Waals surface area (Å²) in [4.78, 5) is 26.5. The smallest absolute Gasteiger partial charge is 0.289 e. The van der Waals surface area contributed by atoms with Gasteiger partial charge in [0.05, 0.1) is 18.4 Å². The third kappa shape index (κ3) is 5.26. The molecule has 0 saturated carbocycles. The number of hydrogen-bond acceptors (Lipinski definition) is 5. The van der Waals surface area contributed by atoms with Gasteiger partial charge in [-0.2, -0.15) is 0 Å². The molecule has 150 valence electrons. The number of hydrogen-bond donors (Lipinski definition) is 0. The zero-order chi connectivity index (χ0) is 20.8. The summed E-state index contributed by atoms with van der Waals surface area (Å²) >= 11 is 6.94. The Bertz CT molecular complexity index is 939. The van der Waals surface area contributed by atoms with Gasteiger partial charge in [-0.25, -0.2) is 0 Å². The maximum atomic E-state index is 12.8. The van der Waals surface area contributed by atoms with E-state index in [2.05, 4.69) is 5.92 Å². The van der Waals surface area contributed by atoms with Gasteiger partial charge in [0.25, 0.3) is 5.24 Å². The van der Waals surface area contributed by atoms with E-state index in [1.165, 1.54) is 4.90 Å². The summed E-state index contributed by atoms with van der Waals surface area (Å²) in [5, 5.41) is -0.101. The molecule has 2 amide bonds. The average Bonchev–Trinajstić information content (AvgIpc) is 2.96. The third-order valence-corrected chi connectivity index (χ3v) is 5.63. The van der Waals surface area contributed by atoms with E-state index in [0.717, 1.165) is 22.9 Å². The number of nitrogens with zero attached hydrogens (tertiary/aromatic N) is 1. The van der Waals surface area contributed by atoms with Gasteiger partial charge >= 0.3 is 0 Å². The van der Waals surface area contributed by atoms with Crippen LogP contribution in [0.25, 0.3) is 0 Å². The molecule has 0 radical (unpaired) electrons. The van der Waals surface area contributed by atoms with Crippen molar-refractivity contribution in [3.05, 3.63) is 58.6 Å². The van der Waals surface area contributed by atoms with E-state index >= 15 is 0 Å². The molecule has 1 heterocycles. The van der Waals surface area contributed by atoms with E-state index in [4.69, 9.17) is 27.5 Å². The van der Waals surface area contributed by atoms with Gasteiger partial charge < -0.3 is 9.47 Å². The first-order valence-electron chi connectivity index (χ1n) is 9.10. The summed E-state index contributed by atoms with van der Waals surface area (Å²) in [5.74, 6) is 3.35. The molecule has 5 nitrogen and oxygen atoms in total. The number of rotatable bonds is 8. The summed E-state index contributed by atoms with van der Waals surface area (Å²) in [6.07, 6.45) is 5.66. The molecule has 0 aliphatic carbocycles. The van der Waals surface area contributed by atoms with Crippen molar-refractivity contribution in [2.24, 2.45) is 0 Å². The molecule has 1 fully saturated rings. The largest absolute Gasteiger partial charge is 0.490 e. The predicted octanol–water partition coefficient (Wildman–Crippen LogP) is 4.56. The molecular formula is C22H20ClNO4S. The minimum absolute atomic E-state index is 0.143. The molecule has 1 aliphatic heterocycles. The van der Waals surface area contributed by atoms with Crippen LogP contribution in [-0.2, 0) is 17.8 Å². The van der Waals surface area contributed by atoms with Gasteiger partial charge in [0, 0.05) is 5.02 Å². The monoisotopic (exact) mass is 429 g/mol. The molecule has 7 heteroatoms. The normalized spacial score (nSPS) is 16.0. The summed E-state index contributed by atoms with van der Waals surface area (Å²) in [5.41, 5.74) is 1.74. The van der Waals surface area contributed by atoms with Gasteiger partial charge in [-0.3, -0.25) is 14.5 Å².